The Hall–Kier alpha value is -1.81. The molecule has 74 valence electrons. The molecule has 0 aliphatic heterocycles. The summed E-state index contributed by atoms with van der Waals surface area (Å²) in [7, 11) is 0. The molecule has 1 aromatic carbocycles. The van der Waals surface area contributed by atoms with E-state index in [2.05, 4.69) is 0 Å². The van der Waals surface area contributed by atoms with E-state index in [9.17, 15) is 0 Å². The molecule has 0 unspecified atom stereocenters. The van der Waals surface area contributed by atoms with Gasteiger partial charge in [0.25, 0.3) is 0 Å². The number of fused-ring (bicyclic) bond motifs is 1. The van der Waals surface area contributed by atoms with Crippen LogP contribution in [0, 0.1) is 0 Å². The van der Waals surface area contributed by atoms with Gasteiger partial charge < -0.3 is 14.6 Å². The topological polar surface area (TPSA) is 70.7 Å². The lowest BCUT2D eigenvalue weighted by Crippen LogP contribution is -1.98. The molecule has 0 spiro atoms. The van der Waals surface area contributed by atoms with Crippen molar-refractivity contribution >= 4 is 16.9 Å². The maximum Gasteiger partial charge on any atom is 0.329 e. The first-order chi connectivity index (χ1) is 6.74. The van der Waals surface area contributed by atoms with Crippen LogP contribution in [0.4, 0.5) is 0 Å². The van der Waals surface area contributed by atoms with E-state index >= 15 is 0 Å². The van der Waals surface area contributed by atoms with Gasteiger partial charge in [-0.05, 0) is 12.1 Å². The number of aliphatic carboxylic acids is 1. The lowest BCUT2D eigenvalue weighted by Gasteiger charge is -1.81. The molecule has 0 aliphatic rings. The summed E-state index contributed by atoms with van der Waals surface area (Å²) < 4.78 is 5.12. The first-order valence-corrected chi connectivity index (χ1v) is 3.99. The number of benzene rings is 1. The van der Waals surface area contributed by atoms with E-state index < -0.39 is 12.6 Å². The van der Waals surface area contributed by atoms with Crippen LogP contribution < -0.4 is 0 Å². The van der Waals surface area contributed by atoms with Gasteiger partial charge in [-0.3, -0.25) is 0 Å². The third-order valence-electron chi connectivity index (χ3n) is 1.50. The molecular formula is C10H10O4. The summed E-state index contributed by atoms with van der Waals surface area (Å²) in [4.78, 5) is 9.12. The van der Waals surface area contributed by atoms with E-state index in [0.717, 1.165) is 11.0 Å². The Morgan fingerprint density at radius 3 is 2.50 bits per heavy atom. The first-order valence-electron chi connectivity index (χ1n) is 3.99. The summed E-state index contributed by atoms with van der Waals surface area (Å²) >= 11 is 0. The predicted octanol–water partition coefficient (Wildman–Crippen LogP) is 1.50. The first kappa shape index (κ1) is 10.3. The van der Waals surface area contributed by atoms with E-state index in [-0.39, 0.29) is 0 Å². The molecule has 0 atom stereocenters. The number of para-hydroxylation sites is 1. The van der Waals surface area contributed by atoms with Gasteiger partial charge in [0.15, 0.2) is 0 Å². The van der Waals surface area contributed by atoms with Crippen LogP contribution in [0.3, 0.4) is 0 Å². The largest absolute Gasteiger partial charge is 0.480 e. The third-order valence-corrected chi connectivity index (χ3v) is 1.50. The second-order valence-corrected chi connectivity index (χ2v) is 2.51. The average Bonchev–Trinajstić information content (AvgIpc) is 2.66. The third kappa shape index (κ3) is 2.91. The van der Waals surface area contributed by atoms with Crippen molar-refractivity contribution in [2.45, 2.75) is 0 Å². The molecule has 4 nitrogen and oxygen atoms in total. The highest BCUT2D eigenvalue weighted by Crippen LogP contribution is 2.12. The standard InChI is InChI=1S/C8H6O.C2H4O3/c1-2-4-8-7(3-1)5-6-9-8;3-1-2(4)5/h1-6H;3H,1H2,(H,4,5). The molecule has 2 aromatic rings. The normalized spacial score (nSPS) is 9.21. The van der Waals surface area contributed by atoms with Gasteiger partial charge in [0.1, 0.15) is 12.2 Å². The van der Waals surface area contributed by atoms with Crippen LogP contribution in [-0.2, 0) is 4.79 Å². The van der Waals surface area contributed by atoms with Gasteiger partial charge in [-0.25, -0.2) is 4.79 Å². The zero-order valence-electron chi connectivity index (χ0n) is 7.38. The van der Waals surface area contributed by atoms with Crippen LogP contribution in [0.25, 0.3) is 11.0 Å². The number of furan rings is 1. The monoisotopic (exact) mass is 194 g/mol. The van der Waals surface area contributed by atoms with Crippen molar-refractivity contribution in [2.24, 2.45) is 0 Å². The van der Waals surface area contributed by atoms with Crippen LogP contribution in [-0.4, -0.2) is 22.8 Å². The second-order valence-electron chi connectivity index (χ2n) is 2.51. The molecule has 4 heteroatoms. The Morgan fingerprint density at radius 1 is 1.29 bits per heavy atom. The molecular weight excluding hydrogens is 184 g/mol. The van der Waals surface area contributed by atoms with Crippen molar-refractivity contribution in [2.75, 3.05) is 6.61 Å². The van der Waals surface area contributed by atoms with E-state index in [0.29, 0.717) is 0 Å². The molecule has 1 heterocycles. The molecule has 0 bridgehead atoms. The Labute approximate surface area is 80.4 Å². The Balaban J connectivity index is 0.000000171. The molecule has 0 saturated carbocycles. The van der Waals surface area contributed by atoms with Gasteiger partial charge in [-0.15, -0.1) is 0 Å². The summed E-state index contributed by atoms with van der Waals surface area (Å²) in [5.74, 6) is -1.19. The predicted molar refractivity (Wildman–Crippen MR) is 50.9 cm³/mol. The fourth-order valence-electron chi connectivity index (χ4n) is 0.906. The van der Waals surface area contributed by atoms with Gasteiger partial charge in [0.05, 0.1) is 6.26 Å². The van der Waals surface area contributed by atoms with Crippen LogP contribution in [0.15, 0.2) is 41.0 Å². The zero-order chi connectivity index (χ0) is 10.4. The van der Waals surface area contributed by atoms with Crippen LogP contribution >= 0.6 is 0 Å². The van der Waals surface area contributed by atoms with Crippen LogP contribution in [0.2, 0.25) is 0 Å². The minimum Gasteiger partial charge on any atom is -0.480 e. The lowest BCUT2D eigenvalue weighted by molar-refractivity contribution is -0.140. The highest BCUT2D eigenvalue weighted by molar-refractivity contribution is 5.76. The number of aliphatic hydroxyl groups is 1. The lowest BCUT2D eigenvalue weighted by atomic mass is 10.3. The van der Waals surface area contributed by atoms with Crippen molar-refractivity contribution in [3.8, 4) is 0 Å². The number of carboxylic acids is 1. The Bertz CT molecular complexity index is 375. The number of aliphatic hydroxyl groups excluding tert-OH is 1. The SMILES string of the molecule is O=C(O)CO.c1ccc2occc2c1. The molecule has 0 aliphatic carbocycles. The second kappa shape index (κ2) is 5.04. The number of hydrogen-bond acceptors (Lipinski definition) is 3. The summed E-state index contributed by atoms with van der Waals surface area (Å²) in [6.07, 6.45) is 1.70. The van der Waals surface area contributed by atoms with Gasteiger partial charge in [-0.2, -0.15) is 0 Å². The van der Waals surface area contributed by atoms with Crippen LogP contribution in [0.5, 0.6) is 0 Å². The van der Waals surface area contributed by atoms with Crippen molar-refractivity contribution < 1.29 is 19.4 Å². The minimum atomic E-state index is -1.19. The van der Waals surface area contributed by atoms with Gasteiger partial charge in [-0.1, -0.05) is 18.2 Å². The molecule has 0 amide bonds. The van der Waals surface area contributed by atoms with E-state index in [1.54, 1.807) is 6.26 Å². The number of rotatable bonds is 1. The number of carboxylic acid groups (broad SMARTS) is 1. The molecule has 2 rings (SSSR count). The summed E-state index contributed by atoms with van der Waals surface area (Å²) in [6.45, 7) is -0.778. The average molecular weight is 194 g/mol. The Morgan fingerprint density at radius 2 is 1.93 bits per heavy atom. The fraction of sp³-hybridized carbons (Fsp3) is 0.100. The van der Waals surface area contributed by atoms with Crippen molar-refractivity contribution in [3.05, 3.63) is 36.6 Å². The Kier molecular flexibility index (Phi) is 3.69. The van der Waals surface area contributed by atoms with Gasteiger partial charge in [0, 0.05) is 5.39 Å². The summed E-state index contributed by atoms with van der Waals surface area (Å²) in [6, 6.07) is 9.90. The molecule has 0 radical (unpaired) electrons. The molecule has 2 N–H and O–H groups in total. The smallest absolute Gasteiger partial charge is 0.329 e. The molecule has 1 aromatic heterocycles. The van der Waals surface area contributed by atoms with Crippen molar-refractivity contribution in [1.29, 1.82) is 0 Å². The van der Waals surface area contributed by atoms with Crippen molar-refractivity contribution in [1.82, 2.24) is 0 Å². The van der Waals surface area contributed by atoms with Gasteiger partial charge in [0.2, 0.25) is 0 Å². The zero-order valence-corrected chi connectivity index (χ0v) is 7.38. The highest BCUT2D eigenvalue weighted by atomic mass is 16.4. The van der Waals surface area contributed by atoms with E-state index in [1.807, 2.05) is 30.3 Å². The highest BCUT2D eigenvalue weighted by Gasteiger charge is 1.89. The van der Waals surface area contributed by atoms with E-state index in [1.165, 1.54) is 0 Å². The fourth-order valence-corrected chi connectivity index (χ4v) is 0.906. The molecule has 0 saturated heterocycles. The summed E-state index contributed by atoms with van der Waals surface area (Å²) in [5.41, 5.74) is 0.956. The summed E-state index contributed by atoms with van der Waals surface area (Å²) in [5, 5.41) is 16.2. The minimum absolute atomic E-state index is 0.778. The number of hydrogen-bond donors (Lipinski definition) is 2. The molecule has 0 fully saturated rings. The van der Waals surface area contributed by atoms with Gasteiger partial charge >= 0.3 is 5.97 Å². The molecule has 14 heavy (non-hydrogen) atoms. The maximum absolute atomic E-state index is 9.12. The van der Waals surface area contributed by atoms with Crippen LogP contribution in [0.1, 0.15) is 0 Å². The quantitative estimate of drug-likeness (QED) is 0.721. The van der Waals surface area contributed by atoms with E-state index in [4.69, 9.17) is 19.4 Å². The number of carbonyl (C=O) groups is 1. The van der Waals surface area contributed by atoms with Crippen molar-refractivity contribution in [3.63, 3.8) is 0 Å². The maximum atomic E-state index is 9.12.